The van der Waals surface area contributed by atoms with Gasteiger partial charge in [-0.3, -0.25) is 0 Å². The maximum Gasteiger partial charge on any atom is 0.124 e. The number of para-hydroxylation sites is 1. The van der Waals surface area contributed by atoms with Gasteiger partial charge >= 0.3 is 0 Å². The van der Waals surface area contributed by atoms with Crippen molar-refractivity contribution in [1.82, 2.24) is 5.32 Å². The van der Waals surface area contributed by atoms with E-state index in [1.54, 1.807) is 7.11 Å². The molecule has 1 aliphatic heterocycles. The van der Waals surface area contributed by atoms with E-state index in [0.29, 0.717) is 12.0 Å². The molecule has 0 aliphatic carbocycles. The van der Waals surface area contributed by atoms with Gasteiger partial charge in [-0.05, 0) is 6.07 Å². The minimum absolute atomic E-state index is 0.375. The Kier molecular flexibility index (Phi) is 3.80. The molecular formula is C13H19NO2. The summed E-state index contributed by atoms with van der Waals surface area (Å²) in [5.41, 5.74) is 1.26. The molecule has 2 atom stereocenters. The van der Waals surface area contributed by atoms with Crippen LogP contribution >= 0.6 is 0 Å². The fourth-order valence-corrected chi connectivity index (χ4v) is 2.12. The molecule has 0 bridgehead atoms. The summed E-state index contributed by atoms with van der Waals surface area (Å²) in [5, 5.41) is 3.52. The molecule has 3 heteroatoms. The van der Waals surface area contributed by atoms with Crippen molar-refractivity contribution in [3.63, 3.8) is 0 Å². The van der Waals surface area contributed by atoms with Crippen molar-refractivity contribution in [3.8, 4) is 5.75 Å². The first-order valence-corrected chi connectivity index (χ1v) is 5.77. The van der Waals surface area contributed by atoms with Crippen LogP contribution in [0, 0.1) is 5.92 Å². The topological polar surface area (TPSA) is 30.5 Å². The number of benzene rings is 1. The normalized spacial score (nSPS) is 23.6. The minimum atomic E-state index is 0.375. The Morgan fingerprint density at radius 2 is 2.25 bits per heavy atom. The van der Waals surface area contributed by atoms with Crippen molar-refractivity contribution in [2.75, 3.05) is 26.9 Å². The van der Waals surface area contributed by atoms with E-state index in [4.69, 9.17) is 9.47 Å². The number of rotatable bonds is 4. The van der Waals surface area contributed by atoms with Crippen LogP contribution in [0.15, 0.2) is 24.3 Å². The summed E-state index contributed by atoms with van der Waals surface area (Å²) >= 11 is 0. The van der Waals surface area contributed by atoms with E-state index >= 15 is 0 Å². The average molecular weight is 221 g/mol. The summed E-state index contributed by atoms with van der Waals surface area (Å²) in [6.45, 7) is 4.61. The number of hydrogen-bond acceptors (Lipinski definition) is 3. The maximum absolute atomic E-state index is 5.70. The number of nitrogens with one attached hydrogen (secondary N) is 1. The van der Waals surface area contributed by atoms with E-state index in [2.05, 4.69) is 24.4 Å². The van der Waals surface area contributed by atoms with E-state index in [1.807, 2.05) is 12.1 Å². The molecule has 0 saturated carbocycles. The molecule has 3 nitrogen and oxygen atoms in total. The highest BCUT2D eigenvalue weighted by molar-refractivity contribution is 5.37. The molecule has 0 radical (unpaired) electrons. The molecule has 0 fully saturated rings. The standard InChI is InChI=1S/C13H19NO2/c1-10-9-16-12-6-4-3-5-11(12)13(10)14-7-8-15-2/h3-6,10,13-14H,7-9H2,1-2H3. The molecule has 2 unspecified atom stereocenters. The second-order valence-electron chi connectivity index (χ2n) is 4.25. The van der Waals surface area contributed by atoms with E-state index < -0.39 is 0 Å². The first kappa shape index (κ1) is 11.4. The zero-order valence-corrected chi connectivity index (χ0v) is 9.90. The van der Waals surface area contributed by atoms with E-state index in [0.717, 1.165) is 25.5 Å². The lowest BCUT2D eigenvalue weighted by atomic mass is 9.92. The Morgan fingerprint density at radius 3 is 3.06 bits per heavy atom. The summed E-state index contributed by atoms with van der Waals surface area (Å²) in [4.78, 5) is 0. The van der Waals surface area contributed by atoms with Crippen LogP contribution in [-0.4, -0.2) is 26.9 Å². The summed E-state index contributed by atoms with van der Waals surface area (Å²) in [5.74, 6) is 1.50. The molecule has 1 aliphatic rings. The van der Waals surface area contributed by atoms with Gasteiger partial charge in [-0.1, -0.05) is 25.1 Å². The second-order valence-corrected chi connectivity index (χ2v) is 4.25. The van der Waals surface area contributed by atoms with E-state index in [9.17, 15) is 0 Å². The van der Waals surface area contributed by atoms with Gasteiger partial charge in [0.2, 0.25) is 0 Å². The highest BCUT2D eigenvalue weighted by Gasteiger charge is 2.26. The van der Waals surface area contributed by atoms with Gasteiger partial charge < -0.3 is 14.8 Å². The first-order chi connectivity index (χ1) is 7.83. The van der Waals surface area contributed by atoms with Crippen molar-refractivity contribution in [3.05, 3.63) is 29.8 Å². The van der Waals surface area contributed by atoms with Crippen molar-refractivity contribution < 1.29 is 9.47 Å². The fourth-order valence-electron chi connectivity index (χ4n) is 2.12. The molecule has 1 aromatic carbocycles. The molecule has 2 rings (SSSR count). The molecule has 0 amide bonds. The molecular weight excluding hydrogens is 202 g/mol. The van der Waals surface area contributed by atoms with Crippen LogP contribution in [0.2, 0.25) is 0 Å². The largest absolute Gasteiger partial charge is 0.493 e. The van der Waals surface area contributed by atoms with E-state index in [-0.39, 0.29) is 0 Å². The maximum atomic E-state index is 5.70. The molecule has 88 valence electrons. The van der Waals surface area contributed by atoms with Crippen LogP contribution < -0.4 is 10.1 Å². The lowest BCUT2D eigenvalue weighted by Gasteiger charge is -2.32. The van der Waals surface area contributed by atoms with Gasteiger partial charge in [0, 0.05) is 31.2 Å². The molecule has 16 heavy (non-hydrogen) atoms. The summed E-state index contributed by atoms with van der Waals surface area (Å²) in [6.07, 6.45) is 0. The third-order valence-electron chi connectivity index (χ3n) is 3.00. The Balaban J connectivity index is 2.10. The van der Waals surface area contributed by atoms with Crippen LogP contribution in [0.5, 0.6) is 5.75 Å². The summed E-state index contributed by atoms with van der Waals surface area (Å²) < 4.78 is 10.8. The molecule has 0 aromatic heterocycles. The quantitative estimate of drug-likeness (QED) is 0.789. The third kappa shape index (κ3) is 2.36. The van der Waals surface area contributed by atoms with Gasteiger partial charge in [0.1, 0.15) is 5.75 Å². The number of methoxy groups -OCH3 is 1. The van der Waals surface area contributed by atoms with Crippen molar-refractivity contribution >= 4 is 0 Å². The van der Waals surface area contributed by atoms with Gasteiger partial charge in [-0.15, -0.1) is 0 Å². The van der Waals surface area contributed by atoms with Gasteiger partial charge in [0.15, 0.2) is 0 Å². The number of hydrogen-bond donors (Lipinski definition) is 1. The number of fused-ring (bicyclic) bond motifs is 1. The smallest absolute Gasteiger partial charge is 0.124 e. The minimum Gasteiger partial charge on any atom is -0.493 e. The molecule has 1 aromatic rings. The predicted octanol–water partition coefficient (Wildman–Crippen LogP) is 1.99. The molecule has 1 heterocycles. The number of ether oxygens (including phenoxy) is 2. The average Bonchev–Trinajstić information content (AvgIpc) is 2.32. The fraction of sp³-hybridized carbons (Fsp3) is 0.538. The zero-order valence-electron chi connectivity index (χ0n) is 9.90. The zero-order chi connectivity index (χ0) is 11.4. The van der Waals surface area contributed by atoms with Crippen LogP contribution in [0.3, 0.4) is 0 Å². The molecule has 0 spiro atoms. The highest BCUT2D eigenvalue weighted by atomic mass is 16.5. The van der Waals surface area contributed by atoms with E-state index in [1.165, 1.54) is 5.56 Å². The van der Waals surface area contributed by atoms with Crippen LogP contribution in [0.4, 0.5) is 0 Å². The SMILES string of the molecule is COCCNC1c2ccccc2OCC1C. The van der Waals surface area contributed by atoms with Crippen LogP contribution in [0.25, 0.3) is 0 Å². The highest BCUT2D eigenvalue weighted by Crippen LogP contribution is 2.34. The van der Waals surface area contributed by atoms with Gasteiger partial charge in [-0.2, -0.15) is 0 Å². The van der Waals surface area contributed by atoms with Crippen molar-refractivity contribution in [2.24, 2.45) is 5.92 Å². The summed E-state index contributed by atoms with van der Waals surface area (Å²) in [6, 6.07) is 8.62. The monoisotopic (exact) mass is 221 g/mol. The predicted molar refractivity (Wildman–Crippen MR) is 63.7 cm³/mol. The van der Waals surface area contributed by atoms with Gasteiger partial charge in [0.25, 0.3) is 0 Å². The Morgan fingerprint density at radius 1 is 1.44 bits per heavy atom. The van der Waals surface area contributed by atoms with Crippen LogP contribution in [0.1, 0.15) is 18.5 Å². The molecule has 1 N–H and O–H groups in total. The van der Waals surface area contributed by atoms with Crippen LogP contribution in [-0.2, 0) is 4.74 Å². The van der Waals surface area contributed by atoms with Crippen molar-refractivity contribution in [2.45, 2.75) is 13.0 Å². The Labute approximate surface area is 96.8 Å². The van der Waals surface area contributed by atoms with Gasteiger partial charge in [0.05, 0.1) is 13.2 Å². The Bertz CT molecular complexity index is 340. The summed E-state index contributed by atoms with van der Waals surface area (Å²) in [7, 11) is 1.73. The second kappa shape index (κ2) is 5.32. The lowest BCUT2D eigenvalue weighted by Crippen LogP contribution is -2.35. The van der Waals surface area contributed by atoms with Crippen molar-refractivity contribution in [1.29, 1.82) is 0 Å². The lowest BCUT2D eigenvalue weighted by molar-refractivity contribution is 0.164. The first-order valence-electron chi connectivity index (χ1n) is 5.77. The third-order valence-corrected chi connectivity index (χ3v) is 3.00. The Hall–Kier alpha value is -1.06. The van der Waals surface area contributed by atoms with Gasteiger partial charge in [-0.25, -0.2) is 0 Å². The molecule has 0 saturated heterocycles.